The molecule has 0 aliphatic carbocycles. The van der Waals surface area contributed by atoms with E-state index in [9.17, 15) is 0 Å². The van der Waals surface area contributed by atoms with Crippen LogP contribution in [0.15, 0.2) is 18.3 Å². The van der Waals surface area contributed by atoms with Crippen molar-refractivity contribution >= 4 is 12.4 Å². The highest BCUT2D eigenvalue weighted by Crippen LogP contribution is 2.16. The van der Waals surface area contributed by atoms with E-state index in [1.165, 1.54) is 5.56 Å². The number of nitrogens with two attached hydrogens (primary N) is 1. The molecule has 1 heterocycles. The number of hydrogen-bond acceptors (Lipinski definition) is 2. The SMILES string of the molecule is CCC[C@H](N)c1ncccc1C.Cl. The highest BCUT2D eigenvalue weighted by atomic mass is 35.5. The Morgan fingerprint density at radius 1 is 1.54 bits per heavy atom. The zero-order chi connectivity index (χ0) is 8.97. The first-order valence-corrected chi connectivity index (χ1v) is 4.42. The summed E-state index contributed by atoms with van der Waals surface area (Å²) in [5.41, 5.74) is 8.18. The number of pyridine rings is 1. The Kier molecular flexibility index (Phi) is 5.67. The molecule has 2 N–H and O–H groups in total. The van der Waals surface area contributed by atoms with Gasteiger partial charge in [-0.1, -0.05) is 19.4 Å². The molecule has 0 bridgehead atoms. The van der Waals surface area contributed by atoms with Crippen LogP contribution in [0, 0.1) is 6.92 Å². The van der Waals surface area contributed by atoms with Crippen LogP contribution < -0.4 is 5.73 Å². The molecule has 0 spiro atoms. The molecule has 1 atom stereocenters. The number of aromatic nitrogens is 1. The Hall–Kier alpha value is -0.600. The van der Waals surface area contributed by atoms with Crippen molar-refractivity contribution in [2.24, 2.45) is 5.73 Å². The van der Waals surface area contributed by atoms with Crippen LogP contribution in [0.2, 0.25) is 0 Å². The van der Waals surface area contributed by atoms with Gasteiger partial charge < -0.3 is 5.73 Å². The minimum absolute atomic E-state index is 0. The molecule has 74 valence electrons. The van der Waals surface area contributed by atoms with E-state index >= 15 is 0 Å². The molecule has 0 aliphatic heterocycles. The average molecular weight is 201 g/mol. The lowest BCUT2D eigenvalue weighted by Gasteiger charge is -2.11. The summed E-state index contributed by atoms with van der Waals surface area (Å²) in [6.07, 6.45) is 3.92. The lowest BCUT2D eigenvalue weighted by molar-refractivity contribution is 0.618. The van der Waals surface area contributed by atoms with E-state index in [-0.39, 0.29) is 18.4 Å². The van der Waals surface area contributed by atoms with Crippen LogP contribution in [0.4, 0.5) is 0 Å². The van der Waals surface area contributed by atoms with E-state index in [2.05, 4.69) is 24.9 Å². The molecule has 0 radical (unpaired) electrons. The smallest absolute Gasteiger partial charge is 0.0600 e. The van der Waals surface area contributed by atoms with Gasteiger partial charge in [-0.2, -0.15) is 0 Å². The van der Waals surface area contributed by atoms with Crippen LogP contribution in [0.5, 0.6) is 0 Å². The number of rotatable bonds is 3. The number of hydrogen-bond donors (Lipinski definition) is 1. The lowest BCUT2D eigenvalue weighted by atomic mass is 10.1. The minimum Gasteiger partial charge on any atom is -0.323 e. The molecule has 0 aliphatic rings. The molecule has 0 fully saturated rings. The van der Waals surface area contributed by atoms with Gasteiger partial charge in [-0.3, -0.25) is 4.98 Å². The van der Waals surface area contributed by atoms with Crippen LogP contribution in [-0.4, -0.2) is 4.98 Å². The third-order valence-electron chi connectivity index (χ3n) is 2.00. The molecule has 2 nitrogen and oxygen atoms in total. The van der Waals surface area contributed by atoms with Crippen molar-refractivity contribution in [1.29, 1.82) is 0 Å². The van der Waals surface area contributed by atoms with E-state index in [0.717, 1.165) is 18.5 Å². The highest BCUT2D eigenvalue weighted by molar-refractivity contribution is 5.85. The Morgan fingerprint density at radius 2 is 2.23 bits per heavy atom. The minimum atomic E-state index is 0. The first-order valence-electron chi connectivity index (χ1n) is 4.42. The van der Waals surface area contributed by atoms with E-state index in [1.807, 2.05) is 6.07 Å². The van der Waals surface area contributed by atoms with Gasteiger partial charge in [0.05, 0.1) is 5.69 Å². The fourth-order valence-electron chi connectivity index (χ4n) is 1.33. The third kappa shape index (κ3) is 3.33. The van der Waals surface area contributed by atoms with Crippen LogP contribution in [0.25, 0.3) is 0 Å². The average Bonchev–Trinajstić information content (AvgIpc) is 2.05. The van der Waals surface area contributed by atoms with E-state index in [1.54, 1.807) is 6.20 Å². The van der Waals surface area contributed by atoms with Gasteiger partial charge >= 0.3 is 0 Å². The predicted molar refractivity (Wildman–Crippen MR) is 58.1 cm³/mol. The number of halogens is 1. The Bertz CT molecular complexity index is 250. The van der Waals surface area contributed by atoms with E-state index in [0.29, 0.717) is 0 Å². The second kappa shape index (κ2) is 5.95. The maximum absolute atomic E-state index is 5.94. The van der Waals surface area contributed by atoms with Crippen molar-refractivity contribution in [3.63, 3.8) is 0 Å². The van der Waals surface area contributed by atoms with E-state index in [4.69, 9.17) is 5.73 Å². The predicted octanol–water partition coefficient (Wildman–Crippen LogP) is 2.61. The summed E-state index contributed by atoms with van der Waals surface area (Å²) in [5, 5.41) is 0. The fourth-order valence-corrected chi connectivity index (χ4v) is 1.33. The monoisotopic (exact) mass is 200 g/mol. The summed E-state index contributed by atoms with van der Waals surface area (Å²) in [6.45, 7) is 4.19. The lowest BCUT2D eigenvalue weighted by Crippen LogP contribution is -2.12. The molecule has 1 aromatic rings. The standard InChI is InChI=1S/C10H16N2.ClH/c1-3-5-9(11)10-8(2)6-4-7-12-10;/h4,6-7,9H,3,5,11H2,1-2H3;1H/t9-;/m0./s1. The summed E-state index contributed by atoms with van der Waals surface area (Å²) >= 11 is 0. The molecule has 3 heteroatoms. The van der Waals surface area contributed by atoms with Crippen LogP contribution >= 0.6 is 12.4 Å². The van der Waals surface area contributed by atoms with Gasteiger partial charge in [-0.15, -0.1) is 12.4 Å². The molecule has 0 saturated carbocycles. The molecule has 13 heavy (non-hydrogen) atoms. The van der Waals surface area contributed by atoms with Gasteiger partial charge in [0.2, 0.25) is 0 Å². The van der Waals surface area contributed by atoms with Crippen LogP contribution in [-0.2, 0) is 0 Å². The fraction of sp³-hybridized carbons (Fsp3) is 0.500. The second-order valence-electron chi connectivity index (χ2n) is 3.10. The van der Waals surface area contributed by atoms with E-state index < -0.39 is 0 Å². The van der Waals surface area contributed by atoms with Crippen molar-refractivity contribution in [3.8, 4) is 0 Å². The van der Waals surface area contributed by atoms with Crippen molar-refractivity contribution in [1.82, 2.24) is 4.98 Å². The maximum Gasteiger partial charge on any atom is 0.0600 e. The van der Waals surface area contributed by atoms with Crippen molar-refractivity contribution < 1.29 is 0 Å². The number of nitrogens with zero attached hydrogens (tertiary/aromatic N) is 1. The van der Waals surface area contributed by atoms with Crippen LogP contribution in [0.1, 0.15) is 37.1 Å². The van der Waals surface area contributed by atoms with Gasteiger partial charge in [-0.05, 0) is 25.0 Å². The molecule has 1 rings (SSSR count). The first-order chi connectivity index (χ1) is 5.75. The largest absolute Gasteiger partial charge is 0.323 e. The van der Waals surface area contributed by atoms with Gasteiger partial charge in [0.1, 0.15) is 0 Å². The summed E-state index contributed by atoms with van der Waals surface area (Å²) in [6, 6.07) is 4.10. The second-order valence-corrected chi connectivity index (χ2v) is 3.10. The first kappa shape index (κ1) is 12.4. The van der Waals surface area contributed by atoms with Gasteiger partial charge in [0, 0.05) is 12.2 Å². The van der Waals surface area contributed by atoms with Gasteiger partial charge in [0.25, 0.3) is 0 Å². The molecule has 0 unspecified atom stereocenters. The maximum atomic E-state index is 5.94. The quantitative estimate of drug-likeness (QED) is 0.815. The Balaban J connectivity index is 0.00000144. The topological polar surface area (TPSA) is 38.9 Å². The molecular formula is C10H17ClN2. The normalized spacial score (nSPS) is 11.9. The summed E-state index contributed by atoms with van der Waals surface area (Å²) in [4.78, 5) is 4.27. The van der Waals surface area contributed by atoms with Crippen molar-refractivity contribution in [3.05, 3.63) is 29.6 Å². The Labute approximate surface area is 86.0 Å². The number of aryl methyl sites for hydroxylation is 1. The molecule has 0 amide bonds. The summed E-state index contributed by atoms with van der Waals surface area (Å²) in [7, 11) is 0. The summed E-state index contributed by atoms with van der Waals surface area (Å²) in [5.74, 6) is 0. The highest BCUT2D eigenvalue weighted by Gasteiger charge is 2.07. The molecule has 0 aromatic carbocycles. The van der Waals surface area contributed by atoms with Crippen molar-refractivity contribution in [2.75, 3.05) is 0 Å². The zero-order valence-electron chi connectivity index (χ0n) is 8.16. The molecular weight excluding hydrogens is 184 g/mol. The third-order valence-corrected chi connectivity index (χ3v) is 2.00. The van der Waals surface area contributed by atoms with Gasteiger partial charge in [0.15, 0.2) is 0 Å². The Morgan fingerprint density at radius 3 is 2.77 bits per heavy atom. The molecule has 0 saturated heterocycles. The van der Waals surface area contributed by atoms with Crippen molar-refractivity contribution in [2.45, 2.75) is 32.7 Å². The van der Waals surface area contributed by atoms with Crippen LogP contribution in [0.3, 0.4) is 0 Å². The zero-order valence-corrected chi connectivity index (χ0v) is 8.97. The van der Waals surface area contributed by atoms with Gasteiger partial charge in [-0.25, -0.2) is 0 Å². The summed E-state index contributed by atoms with van der Waals surface area (Å²) < 4.78 is 0. The molecule has 1 aromatic heterocycles.